The van der Waals surface area contributed by atoms with Gasteiger partial charge in [-0.15, -0.1) is 0 Å². The van der Waals surface area contributed by atoms with Crippen LogP contribution < -0.4 is 5.32 Å². The molecule has 3 unspecified atom stereocenters. The first-order valence-electron chi connectivity index (χ1n) is 8.10. The second-order valence-corrected chi connectivity index (χ2v) is 6.81. The summed E-state index contributed by atoms with van der Waals surface area (Å²) in [5.41, 5.74) is 0.332. The van der Waals surface area contributed by atoms with Crippen LogP contribution in [0.3, 0.4) is 0 Å². The number of nitrogens with zero attached hydrogens (tertiary/aromatic N) is 1. The minimum atomic E-state index is 0.332. The van der Waals surface area contributed by atoms with Gasteiger partial charge in [-0.05, 0) is 45.4 Å². The highest BCUT2D eigenvalue weighted by atomic mass is 15.3. The molecule has 2 heteroatoms. The standard InChI is InChI=1S/C16H32N2/c1-5-15-11-17-16(4,6-2)12-18(15)13(3)14-9-7-8-10-14/h13-15,17H,5-12H2,1-4H3. The van der Waals surface area contributed by atoms with Crippen LogP contribution in [0.2, 0.25) is 0 Å². The lowest BCUT2D eigenvalue weighted by Crippen LogP contribution is -2.65. The van der Waals surface area contributed by atoms with Gasteiger partial charge in [0.2, 0.25) is 0 Å². The average Bonchev–Trinajstić information content (AvgIpc) is 2.92. The highest BCUT2D eigenvalue weighted by Gasteiger charge is 2.38. The van der Waals surface area contributed by atoms with Gasteiger partial charge in [0.1, 0.15) is 0 Å². The Bertz CT molecular complexity index is 260. The Morgan fingerprint density at radius 1 is 1.28 bits per heavy atom. The molecule has 3 atom stereocenters. The first kappa shape index (κ1) is 14.3. The lowest BCUT2D eigenvalue weighted by atomic mass is 9.88. The van der Waals surface area contributed by atoms with E-state index in [1.54, 1.807) is 0 Å². The Balaban J connectivity index is 2.05. The minimum absolute atomic E-state index is 0.332. The van der Waals surface area contributed by atoms with Gasteiger partial charge in [-0.1, -0.05) is 26.7 Å². The van der Waals surface area contributed by atoms with Crippen molar-refractivity contribution in [2.45, 2.75) is 83.8 Å². The lowest BCUT2D eigenvalue weighted by Gasteiger charge is -2.49. The third-order valence-electron chi connectivity index (χ3n) is 5.62. The van der Waals surface area contributed by atoms with E-state index >= 15 is 0 Å². The predicted molar refractivity (Wildman–Crippen MR) is 78.9 cm³/mol. The van der Waals surface area contributed by atoms with Crippen molar-refractivity contribution in [1.82, 2.24) is 10.2 Å². The van der Waals surface area contributed by atoms with Crippen LogP contribution in [-0.4, -0.2) is 35.6 Å². The Hall–Kier alpha value is -0.0800. The fraction of sp³-hybridized carbons (Fsp3) is 1.00. The normalized spacial score (nSPS) is 37.0. The van der Waals surface area contributed by atoms with Crippen molar-refractivity contribution in [1.29, 1.82) is 0 Å². The lowest BCUT2D eigenvalue weighted by molar-refractivity contribution is 0.0284. The van der Waals surface area contributed by atoms with E-state index < -0.39 is 0 Å². The molecule has 2 aliphatic rings. The van der Waals surface area contributed by atoms with Crippen molar-refractivity contribution in [2.24, 2.45) is 5.92 Å². The van der Waals surface area contributed by atoms with E-state index in [4.69, 9.17) is 0 Å². The number of rotatable bonds is 4. The molecule has 0 aromatic heterocycles. The van der Waals surface area contributed by atoms with Gasteiger partial charge >= 0.3 is 0 Å². The molecule has 0 bridgehead atoms. The molecule has 0 aromatic rings. The average molecular weight is 252 g/mol. The Morgan fingerprint density at radius 2 is 1.94 bits per heavy atom. The first-order valence-corrected chi connectivity index (χ1v) is 8.10. The van der Waals surface area contributed by atoms with Crippen molar-refractivity contribution in [3.8, 4) is 0 Å². The van der Waals surface area contributed by atoms with Crippen molar-refractivity contribution in [3.63, 3.8) is 0 Å². The summed E-state index contributed by atoms with van der Waals surface area (Å²) in [6.07, 6.45) is 8.36. The molecule has 1 saturated carbocycles. The SMILES string of the molecule is CCC1CNC(C)(CC)CN1C(C)C1CCCC1. The molecule has 1 aliphatic heterocycles. The number of nitrogens with one attached hydrogen (secondary N) is 1. The molecule has 0 amide bonds. The number of hydrogen-bond donors (Lipinski definition) is 1. The quantitative estimate of drug-likeness (QED) is 0.825. The van der Waals surface area contributed by atoms with Gasteiger partial charge in [0.05, 0.1) is 0 Å². The van der Waals surface area contributed by atoms with Crippen molar-refractivity contribution in [3.05, 3.63) is 0 Å². The summed E-state index contributed by atoms with van der Waals surface area (Å²) < 4.78 is 0. The van der Waals surface area contributed by atoms with Crippen LogP contribution in [0.1, 0.15) is 66.2 Å². The van der Waals surface area contributed by atoms with E-state index in [0.29, 0.717) is 5.54 Å². The van der Waals surface area contributed by atoms with Gasteiger partial charge in [0.25, 0.3) is 0 Å². The fourth-order valence-electron chi connectivity index (χ4n) is 3.87. The molecule has 0 spiro atoms. The molecule has 2 fully saturated rings. The maximum absolute atomic E-state index is 3.78. The predicted octanol–water partition coefficient (Wildman–Crippen LogP) is 3.42. The van der Waals surface area contributed by atoms with Crippen molar-refractivity contribution < 1.29 is 0 Å². The molecule has 1 saturated heterocycles. The van der Waals surface area contributed by atoms with Crippen LogP contribution in [-0.2, 0) is 0 Å². The van der Waals surface area contributed by atoms with Gasteiger partial charge in [0.15, 0.2) is 0 Å². The van der Waals surface area contributed by atoms with Gasteiger partial charge in [0, 0.05) is 30.7 Å². The van der Waals surface area contributed by atoms with Gasteiger partial charge in [-0.25, -0.2) is 0 Å². The van der Waals surface area contributed by atoms with Gasteiger partial charge in [-0.2, -0.15) is 0 Å². The van der Waals surface area contributed by atoms with E-state index in [2.05, 4.69) is 37.9 Å². The highest BCUT2D eigenvalue weighted by molar-refractivity contribution is 4.97. The summed E-state index contributed by atoms with van der Waals surface area (Å²) in [6, 6.07) is 1.53. The summed E-state index contributed by atoms with van der Waals surface area (Å²) in [5.74, 6) is 0.957. The van der Waals surface area contributed by atoms with E-state index in [9.17, 15) is 0 Å². The van der Waals surface area contributed by atoms with E-state index in [-0.39, 0.29) is 0 Å². The molecule has 106 valence electrons. The molecule has 0 radical (unpaired) electrons. The molecular weight excluding hydrogens is 220 g/mol. The summed E-state index contributed by atoms with van der Waals surface area (Å²) >= 11 is 0. The Labute approximate surface area is 114 Å². The van der Waals surface area contributed by atoms with Crippen LogP contribution in [0.25, 0.3) is 0 Å². The van der Waals surface area contributed by atoms with Crippen LogP contribution in [0.4, 0.5) is 0 Å². The van der Waals surface area contributed by atoms with Gasteiger partial charge < -0.3 is 5.32 Å². The summed E-state index contributed by atoms with van der Waals surface area (Å²) in [5, 5.41) is 3.78. The monoisotopic (exact) mass is 252 g/mol. The van der Waals surface area contributed by atoms with Crippen LogP contribution in [0.15, 0.2) is 0 Å². The third kappa shape index (κ3) is 2.91. The number of hydrogen-bond acceptors (Lipinski definition) is 2. The summed E-state index contributed by atoms with van der Waals surface area (Å²) in [6.45, 7) is 12.0. The molecule has 0 aromatic carbocycles. The van der Waals surface area contributed by atoms with Crippen molar-refractivity contribution in [2.75, 3.05) is 13.1 Å². The maximum atomic E-state index is 3.78. The summed E-state index contributed by atoms with van der Waals surface area (Å²) in [7, 11) is 0. The van der Waals surface area contributed by atoms with E-state index in [1.807, 2.05) is 0 Å². The Morgan fingerprint density at radius 3 is 2.50 bits per heavy atom. The zero-order valence-corrected chi connectivity index (χ0v) is 12.8. The van der Waals surface area contributed by atoms with Crippen LogP contribution in [0, 0.1) is 5.92 Å². The van der Waals surface area contributed by atoms with Crippen LogP contribution in [0.5, 0.6) is 0 Å². The van der Waals surface area contributed by atoms with Crippen LogP contribution >= 0.6 is 0 Å². The zero-order valence-electron chi connectivity index (χ0n) is 12.8. The second-order valence-electron chi connectivity index (χ2n) is 6.81. The topological polar surface area (TPSA) is 15.3 Å². The minimum Gasteiger partial charge on any atom is -0.309 e. The van der Waals surface area contributed by atoms with E-state index in [0.717, 1.165) is 18.0 Å². The molecule has 1 aliphatic carbocycles. The molecule has 1 N–H and O–H groups in total. The molecule has 2 nitrogen and oxygen atoms in total. The molecule has 2 rings (SSSR count). The molecular formula is C16H32N2. The fourth-order valence-corrected chi connectivity index (χ4v) is 3.87. The number of piperazine rings is 1. The first-order chi connectivity index (χ1) is 8.59. The molecule has 18 heavy (non-hydrogen) atoms. The third-order valence-corrected chi connectivity index (χ3v) is 5.62. The summed E-state index contributed by atoms with van der Waals surface area (Å²) in [4.78, 5) is 2.83. The van der Waals surface area contributed by atoms with E-state index in [1.165, 1.54) is 51.6 Å². The Kier molecular flexibility index (Phi) is 4.71. The highest BCUT2D eigenvalue weighted by Crippen LogP contribution is 2.33. The van der Waals surface area contributed by atoms with Crippen molar-refractivity contribution >= 4 is 0 Å². The smallest absolute Gasteiger partial charge is 0.0278 e. The molecule has 1 heterocycles. The maximum Gasteiger partial charge on any atom is 0.0278 e. The zero-order chi connectivity index (χ0) is 13.2. The van der Waals surface area contributed by atoms with Gasteiger partial charge in [-0.3, -0.25) is 4.90 Å². The largest absolute Gasteiger partial charge is 0.309 e. The second kappa shape index (κ2) is 5.92.